The molecule has 0 atom stereocenters. The van der Waals surface area contributed by atoms with Gasteiger partial charge in [-0.3, -0.25) is 9.36 Å². The first kappa shape index (κ1) is 17.9. The van der Waals surface area contributed by atoms with Crippen LogP contribution in [0.2, 0.25) is 0 Å². The Bertz CT molecular complexity index is 1530. The van der Waals surface area contributed by atoms with Crippen LogP contribution < -0.4 is 5.56 Å². The van der Waals surface area contributed by atoms with Crippen molar-refractivity contribution in [2.75, 3.05) is 0 Å². The van der Waals surface area contributed by atoms with E-state index in [0.29, 0.717) is 34.3 Å². The molecule has 0 aliphatic carbocycles. The third kappa shape index (κ3) is 2.79. The second-order valence-corrected chi connectivity index (χ2v) is 6.99. The molecule has 5 aromatic rings. The van der Waals surface area contributed by atoms with Crippen LogP contribution in [0.1, 0.15) is 11.1 Å². The van der Waals surface area contributed by atoms with Crippen LogP contribution in [0.15, 0.2) is 77.4 Å². The number of hydrogen-bond acceptors (Lipinski definition) is 5. The number of para-hydroxylation sites is 2. The lowest BCUT2D eigenvalue weighted by molar-refractivity contribution is 0.763. The maximum Gasteiger partial charge on any atom is 0.265 e. The molecule has 0 aliphatic rings. The molecule has 3 heterocycles. The minimum absolute atomic E-state index is 0.195. The maximum absolute atomic E-state index is 13.2. The molecule has 0 saturated heterocycles. The Morgan fingerprint density at radius 3 is 2.53 bits per heavy atom. The fourth-order valence-electron chi connectivity index (χ4n) is 3.48. The smallest absolute Gasteiger partial charge is 0.265 e. The first-order chi connectivity index (χ1) is 14.7. The van der Waals surface area contributed by atoms with E-state index in [0.717, 1.165) is 16.6 Å². The predicted molar refractivity (Wildman–Crippen MR) is 119 cm³/mol. The molecule has 146 valence electrons. The van der Waals surface area contributed by atoms with Gasteiger partial charge in [-0.25, -0.2) is 15.0 Å². The van der Waals surface area contributed by atoms with Crippen LogP contribution in [0.5, 0.6) is 0 Å². The highest BCUT2D eigenvalue weighted by molar-refractivity contribution is 6.04. The minimum atomic E-state index is -0.195. The topological polar surface area (TPSA) is 78.0 Å². The number of aromatic nitrogens is 5. The van der Waals surface area contributed by atoms with Gasteiger partial charge in [0.05, 0.1) is 17.2 Å². The number of fused-ring (bicyclic) bond motifs is 4. The molecule has 2 aromatic carbocycles. The molecule has 0 saturated carbocycles. The molecule has 3 aromatic heterocycles. The summed E-state index contributed by atoms with van der Waals surface area (Å²) >= 11 is 0. The highest BCUT2D eigenvalue weighted by atomic mass is 16.1. The molecule has 0 bridgehead atoms. The molecule has 0 spiro atoms. The number of allylic oxidation sites excluding steroid dienone is 1. The molecule has 7 nitrogen and oxygen atoms in total. The third-order valence-corrected chi connectivity index (χ3v) is 5.03. The quantitative estimate of drug-likeness (QED) is 0.344. The van der Waals surface area contributed by atoms with Gasteiger partial charge in [0, 0.05) is 6.54 Å². The molecule has 0 unspecified atom stereocenters. The monoisotopic (exact) mass is 394 g/mol. The van der Waals surface area contributed by atoms with E-state index in [1.807, 2.05) is 55.5 Å². The number of benzene rings is 2. The second kappa shape index (κ2) is 7.04. The van der Waals surface area contributed by atoms with Crippen LogP contribution in [-0.2, 0) is 6.54 Å². The van der Waals surface area contributed by atoms with Crippen molar-refractivity contribution in [3.05, 3.63) is 89.0 Å². The third-order valence-electron chi connectivity index (χ3n) is 5.03. The molecule has 0 N–H and O–H groups in total. The van der Waals surface area contributed by atoms with Crippen LogP contribution in [0.25, 0.3) is 33.2 Å². The van der Waals surface area contributed by atoms with Gasteiger partial charge in [0.15, 0.2) is 11.3 Å². The Hall–Kier alpha value is -4.13. The van der Waals surface area contributed by atoms with E-state index in [9.17, 15) is 4.79 Å². The van der Waals surface area contributed by atoms with E-state index in [1.54, 1.807) is 17.0 Å². The average Bonchev–Trinajstić information content (AvgIpc) is 3.07. The average molecular weight is 394 g/mol. The van der Waals surface area contributed by atoms with Crippen LogP contribution in [-0.4, -0.2) is 30.4 Å². The van der Waals surface area contributed by atoms with Crippen molar-refractivity contribution < 1.29 is 0 Å². The van der Waals surface area contributed by atoms with E-state index in [-0.39, 0.29) is 5.56 Å². The molecule has 5 rings (SSSR count). The zero-order chi connectivity index (χ0) is 20.7. The lowest BCUT2D eigenvalue weighted by atomic mass is 10.1. The highest BCUT2D eigenvalue weighted by Gasteiger charge is 2.19. The molecule has 0 radical (unpaired) electrons. The zero-order valence-electron chi connectivity index (χ0n) is 16.4. The number of rotatable bonds is 4. The molecule has 0 fully saturated rings. The maximum atomic E-state index is 13.2. The van der Waals surface area contributed by atoms with Crippen LogP contribution >= 0.6 is 0 Å². The fourth-order valence-corrected chi connectivity index (χ4v) is 3.48. The SMILES string of the molecule is C=CCn1cnc2c(c1=O)c1nc3ccccc3nc1n2N=Cc1ccccc1C. The Labute approximate surface area is 171 Å². The van der Waals surface area contributed by atoms with Crippen molar-refractivity contribution in [3.63, 3.8) is 0 Å². The van der Waals surface area contributed by atoms with Crippen molar-refractivity contribution >= 4 is 39.4 Å². The van der Waals surface area contributed by atoms with Crippen molar-refractivity contribution in [2.45, 2.75) is 13.5 Å². The summed E-state index contributed by atoms with van der Waals surface area (Å²) in [5.74, 6) is 0. The summed E-state index contributed by atoms with van der Waals surface area (Å²) in [7, 11) is 0. The van der Waals surface area contributed by atoms with Gasteiger partial charge in [-0.2, -0.15) is 9.78 Å². The molecule has 0 amide bonds. The lowest BCUT2D eigenvalue weighted by Crippen LogP contribution is -2.19. The number of aryl methyl sites for hydroxylation is 1. The summed E-state index contributed by atoms with van der Waals surface area (Å²) in [5, 5.41) is 5.03. The number of nitrogens with zero attached hydrogens (tertiary/aromatic N) is 6. The molecule has 0 aliphatic heterocycles. The second-order valence-electron chi connectivity index (χ2n) is 6.99. The number of hydrogen-bond donors (Lipinski definition) is 0. The summed E-state index contributed by atoms with van der Waals surface area (Å²) < 4.78 is 3.09. The van der Waals surface area contributed by atoms with Gasteiger partial charge >= 0.3 is 0 Å². The zero-order valence-corrected chi connectivity index (χ0v) is 16.4. The Morgan fingerprint density at radius 1 is 1.03 bits per heavy atom. The first-order valence-corrected chi connectivity index (χ1v) is 9.54. The van der Waals surface area contributed by atoms with E-state index >= 15 is 0 Å². The van der Waals surface area contributed by atoms with Crippen molar-refractivity contribution in [1.82, 2.24) is 24.2 Å². The molecule has 7 heteroatoms. The summed E-state index contributed by atoms with van der Waals surface area (Å²) in [5.41, 5.74) is 4.73. The standard InChI is InChI=1S/C23H18N6O/c1-3-12-28-14-24-21-19(23(28)30)20-22(27-18-11-7-6-10-17(18)26-20)29(21)25-13-16-9-5-4-8-15(16)2/h3-11,13-14H,1,12H2,2H3. The Kier molecular flexibility index (Phi) is 4.21. The first-order valence-electron chi connectivity index (χ1n) is 9.54. The Morgan fingerprint density at radius 2 is 1.77 bits per heavy atom. The summed E-state index contributed by atoms with van der Waals surface area (Å²) in [4.78, 5) is 27.1. The van der Waals surface area contributed by atoms with Crippen molar-refractivity contribution in [2.24, 2.45) is 5.10 Å². The van der Waals surface area contributed by atoms with Gasteiger partial charge in [-0.05, 0) is 30.2 Å². The van der Waals surface area contributed by atoms with Gasteiger partial charge in [-0.15, -0.1) is 6.58 Å². The summed E-state index contributed by atoms with van der Waals surface area (Å²) in [6, 6.07) is 15.5. The van der Waals surface area contributed by atoms with Gasteiger partial charge in [0.2, 0.25) is 0 Å². The van der Waals surface area contributed by atoms with E-state index in [2.05, 4.69) is 16.7 Å². The molecular formula is C23H18N6O. The van der Waals surface area contributed by atoms with Crippen molar-refractivity contribution in [1.29, 1.82) is 0 Å². The predicted octanol–water partition coefficient (Wildman–Crippen LogP) is 3.67. The van der Waals surface area contributed by atoms with Gasteiger partial charge in [0.1, 0.15) is 17.2 Å². The van der Waals surface area contributed by atoms with E-state index < -0.39 is 0 Å². The lowest BCUT2D eigenvalue weighted by Gasteiger charge is -2.02. The van der Waals surface area contributed by atoms with Crippen LogP contribution in [0.3, 0.4) is 0 Å². The van der Waals surface area contributed by atoms with Gasteiger partial charge in [-0.1, -0.05) is 42.5 Å². The van der Waals surface area contributed by atoms with Gasteiger partial charge < -0.3 is 0 Å². The molecular weight excluding hydrogens is 376 g/mol. The van der Waals surface area contributed by atoms with Crippen LogP contribution in [0.4, 0.5) is 0 Å². The normalized spacial score (nSPS) is 11.8. The minimum Gasteiger partial charge on any atom is -0.295 e. The largest absolute Gasteiger partial charge is 0.295 e. The molecule has 30 heavy (non-hydrogen) atoms. The Balaban J connectivity index is 1.86. The summed E-state index contributed by atoms with van der Waals surface area (Å²) in [6.07, 6.45) is 4.91. The summed E-state index contributed by atoms with van der Waals surface area (Å²) in [6.45, 7) is 6.10. The van der Waals surface area contributed by atoms with E-state index in [1.165, 1.54) is 10.9 Å². The van der Waals surface area contributed by atoms with Crippen LogP contribution in [0, 0.1) is 6.92 Å². The van der Waals surface area contributed by atoms with E-state index in [4.69, 9.17) is 9.97 Å². The van der Waals surface area contributed by atoms with Gasteiger partial charge in [0.25, 0.3) is 5.56 Å². The van der Waals surface area contributed by atoms with Crippen molar-refractivity contribution in [3.8, 4) is 0 Å². The fraction of sp³-hybridized carbons (Fsp3) is 0.0870. The highest BCUT2D eigenvalue weighted by Crippen LogP contribution is 2.24.